The SMILES string of the molecule is Cc1cc2cccnc2n1Cc1ccc(S(=O)(=O)C(F)(F)F)cc1. The zero-order valence-electron chi connectivity index (χ0n) is 12.6. The number of aromatic nitrogens is 2. The number of sulfone groups is 1. The van der Waals surface area contributed by atoms with Crippen molar-refractivity contribution in [3.63, 3.8) is 0 Å². The van der Waals surface area contributed by atoms with Crippen molar-refractivity contribution in [3.8, 4) is 0 Å². The van der Waals surface area contributed by atoms with E-state index < -0.39 is 20.2 Å². The van der Waals surface area contributed by atoms with Crippen LogP contribution >= 0.6 is 0 Å². The van der Waals surface area contributed by atoms with E-state index in [2.05, 4.69) is 4.98 Å². The molecule has 8 heteroatoms. The molecule has 0 unspecified atom stereocenters. The fourth-order valence-electron chi connectivity index (χ4n) is 2.51. The molecule has 2 aromatic heterocycles. The van der Waals surface area contributed by atoms with Crippen molar-refractivity contribution in [2.75, 3.05) is 0 Å². The minimum Gasteiger partial charge on any atom is -0.326 e. The van der Waals surface area contributed by atoms with Gasteiger partial charge in [0.25, 0.3) is 9.84 Å². The Labute approximate surface area is 136 Å². The van der Waals surface area contributed by atoms with E-state index in [1.165, 1.54) is 12.1 Å². The van der Waals surface area contributed by atoms with Gasteiger partial charge in [-0.2, -0.15) is 13.2 Å². The molecule has 0 spiro atoms. The number of halogens is 3. The van der Waals surface area contributed by atoms with E-state index in [0.717, 1.165) is 28.9 Å². The Morgan fingerprint density at radius 1 is 1.12 bits per heavy atom. The van der Waals surface area contributed by atoms with Crippen LogP contribution < -0.4 is 0 Å². The monoisotopic (exact) mass is 354 g/mol. The van der Waals surface area contributed by atoms with Gasteiger partial charge in [-0.15, -0.1) is 0 Å². The van der Waals surface area contributed by atoms with Gasteiger partial charge in [0.1, 0.15) is 5.65 Å². The third kappa shape index (κ3) is 2.77. The smallest absolute Gasteiger partial charge is 0.326 e. The predicted molar refractivity (Wildman–Crippen MR) is 83.3 cm³/mol. The van der Waals surface area contributed by atoms with Gasteiger partial charge in [-0.3, -0.25) is 0 Å². The number of fused-ring (bicyclic) bond motifs is 1. The molecule has 1 aromatic carbocycles. The first-order chi connectivity index (χ1) is 11.2. The molecule has 0 saturated carbocycles. The van der Waals surface area contributed by atoms with Gasteiger partial charge in [0.2, 0.25) is 0 Å². The third-order valence-electron chi connectivity index (χ3n) is 3.74. The molecule has 0 aliphatic rings. The number of rotatable bonds is 3. The average Bonchev–Trinajstić information content (AvgIpc) is 2.83. The summed E-state index contributed by atoms with van der Waals surface area (Å²) >= 11 is 0. The van der Waals surface area contributed by atoms with E-state index in [9.17, 15) is 21.6 Å². The quantitative estimate of drug-likeness (QED) is 0.721. The molecule has 126 valence electrons. The molecule has 0 fully saturated rings. The normalized spacial score (nSPS) is 12.7. The van der Waals surface area contributed by atoms with Crippen molar-refractivity contribution in [3.05, 3.63) is 59.9 Å². The second kappa shape index (κ2) is 5.62. The van der Waals surface area contributed by atoms with Crippen LogP contribution in [-0.4, -0.2) is 23.5 Å². The van der Waals surface area contributed by atoms with Gasteiger partial charge in [-0.1, -0.05) is 12.1 Å². The van der Waals surface area contributed by atoms with Crippen LogP contribution in [0.1, 0.15) is 11.3 Å². The summed E-state index contributed by atoms with van der Waals surface area (Å²) in [5, 5.41) is 0.964. The van der Waals surface area contributed by atoms with Gasteiger partial charge in [0, 0.05) is 23.8 Å². The van der Waals surface area contributed by atoms with Gasteiger partial charge in [0.05, 0.1) is 4.90 Å². The number of aryl methyl sites for hydroxylation is 1. The number of nitrogens with zero attached hydrogens (tertiary/aromatic N) is 2. The number of benzene rings is 1. The highest BCUT2D eigenvalue weighted by Gasteiger charge is 2.46. The predicted octanol–water partition coefficient (Wildman–Crippen LogP) is 3.69. The highest BCUT2D eigenvalue weighted by Crippen LogP contribution is 2.30. The molecule has 0 bridgehead atoms. The number of hydrogen-bond acceptors (Lipinski definition) is 3. The van der Waals surface area contributed by atoms with Crippen LogP contribution in [0.2, 0.25) is 0 Å². The van der Waals surface area contributed by atoms with Gasteiger partial charge >= 0.3 is 5.51 Å². The van der Waals surface area contributed by atoms with Crippen LogP contribution in [0.25, 0.3) is 11.0 Å². The molecule has 3 rings (SSSR count). The van der Waals surface area contributed by atoms with Gasteiger partial charge in [0.15, 0.2) is 0 Å². The summed E-state index contributed by atoms with van der Waals surface area (Å²) in [6.07, 6.45) is 1.66. The molecule has 4 nitrogen and oxygen atoms in total. The molecule has 0 radical (unpaired) electrons. The Morgan fingerprint density at radius 3 is 2.42 bits per heavy atom. The largest absolute Gasteiger partial charge is 0.501 e. The summed E-state index contributed by atoms with van der Waals surface area (Å²) in [7, 11) is -5.32. The van der Waals surface area contributed by atoms with Gasteiger partial charge < -0.3 is 4.57 Å². The van der Waals surface area contributed by atoms with Crippen LogP contribution in [0.4, 0.5) is 13.2 Å². The Balaban J connectivity index is 1.94. The fourth-order valence-corrected chi connectivity index (χ4v) is 3.27. The van der Waals surface area contributed by atoms with Crippen molar-refractivity contribution < 1.29 is 21.6 Å². The summed E-state index contributed by atoms with van der Waals surface area (Å²) in [6.45, 7) is 2.29. The fraction of sp³-hybridized carbons (Fsp3) is 0.188. The standard InChI is InChI=1S/C16H13F3N2O2S/c1-11-9-13-3-2-8-20-15(13)21(11)10-12-4-6-14(7-5-12)24(22,23)16(17,18)19/h2-9H,10H2,1H3. The van der Waals surface area contributed by atoms with E-state index in [1.807, 2.05) is 29.7 Å². The molecular weight excluding hydrogens is 341 g/mol. The van der Waals surface area contributed by atoms with Crippen LogP contribution in [0.3, 0.4) is 0 Å². The summed E-state index contributed by atoms with van der Waals surface area (Å²) in [5.74, 6) is 0. The van der Waals surface area contributed by atoms with Crippen molar-refractivity contribution >= 4 is 20.9 Å². The second-order valence-electron chi connectivity index (χ2n) is 5.38. The molecule has 3 aromatic rings. The van der Waals surface area contributed by atoms with Crippen molar-refractivity contribution in [2.24, 2.45) is 0 Å². The molecule has 0 atom stereocenters. The van der Waals surface area contributed by atoms with Crippen LogP contribution in [-0.2, 0) is 16.4 Å². The maximum Gasteiger partial charge on any atom is 0.501 e. The van der Waals surface area contributed by atoms with E-state index >= 15 is 0 Å². The zero-order valence-corrected chi connectivity index (χ0v) is 13.4. The lowest BCUT2D eigenvalue weighted by Crippen LogP contribution is -2.23. The lowest BCUT2D eigenvalue weighted by molar-refractivity contribution is -0.0436. The Hall–Kier alpha value is -2.35. The first kappa shape index (κ1) is 16.5. The first-order valence-corrected chi connectivity index (χ1v) is 8.49. The molecule has 0 saturated heterocycles. The van der Waals surface area contributed by atoms with Gasteiger partial charge in [-0.05, 0) is 42.8 Å². The molecule has 24 heavy (non-hydrogen) atoms. The topological polar surface area (TPSA) is 52.0 Å². The van der Waals surface area contributed by atoms with Crippen LogP contribution in [0, 0.1) is 6.92 Å². The van der Waals surface area contributed by atoms with Crippen molar-refractivity contribution in [1.82, 2.24) is 9.55 Å². The van der Waals surface area contributed by atoms with Crippen LogP contribution in [0.5, 0.6) is 0 Å². The average molecular weight is 354 g/mol. The van der Waals surface area contributed by atoms with Crippen molar-refractivity contribution in [1.29, 1.82) is 0 Å². The van der Waals surface area contributed by atoms with E-state index in [1.54, 1.807) is 6.20 Å². The number of pyridine rings is 1. The Kier molecular flexibility index (Phi) is 3.87. The third-order valence-corrected chi connectivity index (χ3v) is 5.24. The minimum atomic E-state index is -5.32. The summed E-state index contributed by atoms with van der Waals surface area (Å²) in [6, 6.07) is 10.4. The van der Waals surface area contributed by atoms with E-state index in [-0.39, 0.29) is 0 Å². The summed E-state index contributed by atoms with van der Waals surface area (Å²) < 4.78 is 62.3. The zero-order chi connectivity index (χ0) is 17.5. The second-order valence-corrected chi connectivity index (χ2v) is 7.32. The highest BCUT2D eigenvalue weighted by molar-refractivity contribution is 7.92. The lowest BCUT2D eigenvalue weighted by atomic mass is 10.2. The maximum atomic E-state index is 12.6. The molecule has 0 aliphatic carbocycles. The van der Waals surface area contributed by atoms with Crippen LogP contribution in [0.15, 0.2) is 53.6 Å². The molecule has 2 heterocycles. The summed E-state index contributed by atoms with van der Waals surface area (Å²) in [5.41, 5.74) is -2.90. The first-order valence-electron chi connectivity index (χ1n) is 7.01. The molecule has 0 amide bonds. The molecule has 0 N–H and O–H groups in total. The summed E-state index contributed by atoms with van der Waals surface area (Å²) in [4.78, 5) is 3.55. The molecular formula is C16H13F3N2O2S. The number of hydrogen-bond donors (Lipinski definition) is 0. The Morgan fingerprint density at radius 2 is 1.79 bits per heavy atom. The highest BCUT2D eigenvalue weighted by atomic mass is 32.2. The Bertz CT molecular complexity index is 990. The van der Waals surface area contributed by atoms with E-state index in [0.29, 0.717) is 12.1 Å². The number of alkyl halides is 3. The maximum absolute atomic E-state index is 12.6. The molecule has 0 aliphatic heterocycles. The van der Waals surface area contributed by atoms with E-state index in [4.69, 9.17) is 0 Å². The minimum absolute atomic E-state index is 0.388. The lowest BCUT2D eigenvalue weighted by Gasteiger charge is -2.10. The van der Waals surface area contributed by atoms with Gasteiger partial charge in [-0.25, -0.2) is 13.4 Å². The van der Waals surface area contributed by atoms with Crippen molar-refractivity contribution in [2.45, 2.75) is 23.9 Å².